The molecule has 0 radical (unpaired) electrons. The van der Waals surface area contributed by atoms with Crippen molar-refractivity contribution < 1.29 is 9.59 Å². The second-order valence-corrected chi connectivity index (χ2v) is 7.35. The number of nitrogens with zero attached hydrogens (tertiary/aromatic N) is 2. The molecule has 1 fully saturated rings. The van der Waals surface area contributed by atoms with Gasteiger partial charge >= 0.3 is 0 Å². The number of aryl methyl sites for hydroxylation is 1. The lowest BCUT2D eigenvalue weighted by atomic mass is 10.0. The first-order chi connectivity index (χ1) is 12.1. The third-order valence-electron chi connectivity index (χ3n) is 4.48. The third kappa shape index (κ3) is 4.66. The van der Waals surface area contributed by atoms with Crippen LogP contribution in [0.15, 0.2) is 35.8 Å². The van der Waals surface area contributed by atoms with E-state index < -0.39 is 0 Å². The van der Waals surface area contributed by atoms with E-state index in [-0.39, 0.29) is 17.9 Å². The highest BCUT2D eigenvalue weighted by atomic mass is 32.1. The van der Waals surface area contributed by atoms with Crippen LogP contribution in [0.2, 0.25) is 0 Å². The van der Waals surface area contributed by atoms with Gasteiger partial charge in [-0.15, -0.1) is 11.3 Å². The van der Waals surface area contributed by atoms with Crippen molar-refractivity contribution in [1.29, 1.82) is 0 Å². The molecule has 5 nitrogen and oxygen atoms in total. The number of thiophene rings is 1. The Bertz CT molecular complexity index is 730. The van der Waals surface area contributed by atoms with E-state index in [2.05, 4.69) is 16.4 Å². The number of aromatic nitrogens is 1. The van der Waals surface area contributed by atoms with Gasteiger partial charge in [-0.1, -0.05) is 6.07 Å². The normalized spacial score (nSPS) is 16.8. The van der Waals surface area contributed by atoms with E-state index in [9.17, 15) is 9.59 Å². The number of carbonyl (C=O) groups excluding carboxylic acids is 2. The van der Waals surface area contributed by atoms with Gasteiger partial charge in [0.2, 0.25) is 11.8 Å². The van der Waals surface area contributed by atoms with Gasteiger partial charge in [-0.05, 0) is 48.4 Å². The molecule has 3 heterocycles. The lowest BCUT2D eigenvalue weighted by molar-refractivity contribution is -0.132. The molecule has 2 aromatic rings. The van der Waals surface area contributed by atoms with E-state index in [4.69, 9.17) is 0 Å². The van der Waals surface area contributed by atoms with E-state index in [1.54, 1.807) is 17.5 Å². The van der Waals surface area contributed by atoms with Crippen LogP contribution >= 0.6 is 11.3 Å². The van der Waals surface area contributed by atoms with E-state index in [0.29, 0.717) is 13.0 Å². The number of nitrogens with one attached hydrogen (secondary N) is 1. The van der Waals surface area contributed by atoms with Crippen molar-refractivity contribution in [3.8, 4) is 0 Å². The SMILES string of the molecule is CC(=O)NCc1cc([C@H]2CCCN2C(=O)CCc2cccs2)ccn1. The summed E-state index contributed by atoms with van der Waals surface area (Å²) in [7, 11) is 0. The van der Waals surface area contributed by atoms with Gasteiger partial charge in [-0.25, -0.2) is 0 Å². The number of hydrogen-bond acceptors (Lipinski definition) is 4. The van der Waals surface area contributed by atoms with E-state index in [1.807, 2.05) is 28.5 Å². The fraction of sp³-hybridized carbons (Fsp3) is 0.421. The van der Waals surface area contributed by atoms with Crippen molar-refractivity contribution in [3.05, 3.63) is 52.0 Å². The number of carbonyl (C=O) groups is 2. The first-order valence-corrected chi connectivity index (χ1v) is 9.52. The zero-order chi connectivity index (χ0) is 17.6. The quantitative estimate of drug-likeness (QED) is 0.864. The monoisotopic (exact) mass is 357 g/mol. The molecule has 1 aliphatic heterocycles. The summed E-state index contributed by atoms with van der Waals surface area (Å²) >= 11 is 1.70. The average Bonchev–Trinajstić information content (AvgIpc) is 3.29. The Balaban J connectivity index is 1.65. The van der Waals surface area contributed by atoms with Gasteiger partial charge in [-0.3, -0.25) is 14.6 Å². The Kier molecular flexibility index (Phi) is 5.81. The van der Waals surface area contributed by atoms with E-state index >= 15 is 0 Å². The number of pyridine rings is 1. The van der Waals surface area contributed by atoms with Crippen molar-refractivity contribution >= 4 is 23.2 Å². The summed E-state index contributed by atoms with van der Waals surface area (Å²) in [5, 5.41) is 4.82. The number of hydrogen-bond donors (Lipinski definition) is 1. The summed E-state index contributed by atoms with van der Waals surface area (Å²) < 4.78 is 0. The lowest BCUT2D eigenvalue weighted by Crippen LogP contribution is -2.30. The predicted molar refractivity (Wildman–Crippen MR) is 98.1 cm³/mol. The molecule has 132 valence electrons. The molecule has 6 heteroatoms. The molecule has 3 rings (SSSR count). The van der Waals surface area contributed by atoms with Crippen LogP contribution in [0.1, 0.15) is 48.4 Å². The molecule has 25 heavy (non-hydrogen) atoms. The molecule has 2 amide bonds. The molecule has 0 saturated carbocycles. The van der Waals surface area contributed by atoms with Crippen LogP contribution in [0, 0.1) is 0 Å². The maximum atomic E-state index is 12.7. The first kappa shape index (κ1) is 17.6. The van der Waals surface area contributed by atoms with Gasteiger partial charge in [0.25, 0.3) is 0 Å². The largest absolute Gasteiger partial charge is 0.351 e. The van der Waals surface area contributed by atoms with Crippen LogP contribution in [0.5, 0.6) is 0 Å². The van der Waals surface area contributed by atoms with Crippen LogP contribution in [-0.4, -0.2) is 28.2 Å². The summed E-state index contributed by atoms with van der Waals surface area (Å²) in [6, 6.07) is 8.21. The van der Waals surface area contributed by atoms with Crippen LogP contribution < -0.4 is 5.32 Å². The minimum absolute atomic E-state index is 0.0709. The summed E-state index contributed by atoms with van der Waals surface area (Å²) in [4.78, 5) is 31.3. The molecule has 1 atom stereocenters. The second kappa shape index (κ2) is 8.25. The minimum atomic E-state index is -0.0709. The van der Waals surface area contributed by atoms with Crippen LogP contribution in [0.3, 0.4) is 0 Å². The van der Waals surface area contributed by atoms with Gasteiger partial charge in [-0.2, -0.15) is 0 Å². The maximum Gasteiger partial charge on any atom is 0.223 e. The molecule has 0 aliphatic carbocycles. The highest BCUT2D eigenvalue weighted by molar-refractivity contribution is 7.09. The molecule has 0 bridgehead atoms. The standard InChI is InChI=1S/C19H23N3O2S/c1-14(23)21-13-16-12-15(8-9-20-16)18-5-2-10-22(18)19(24)7-6-17-4-3-11-25-17/h3-4,8-9,11-12,18H,2,5-7,10,13H2,1H3,(H,21,23)/t18-/m1/s1. The molecular formula is C19H23N3O2S. The third-order valence-corrected chi connectivity index (χ3v) is 5.42. The van der Waals surface area contributed by atoms with Crippen LogP contribution in [-0.2, 0) is 22.6 Å². The molecule has 0 unspecified atom stereocenters. The average molecular weight is 357 g/mol. The topological polar surface area (TPSA) is 62.3 Å². The van der Waals surface area contributed by atoms with Crippen LogP contribution in [0.25, 0.3) is 0 Å². The number of rotatable bonds is 6. The fourth-order valence-electron chi connectivity index (χ4n) is 3.26. The smallest absolute Gasteiger partial charge is 0.223 e. The Morgan fingerprint density at radius 1 is 1.40 bits per heavy atom. The second-order valence-electron chi connectivity index (χ2n) is 6.31. The Hall–Kier alpha value is -2.21. The van der Waals surface area contributed by atoms with Gasteiger partial charge in [0.05, 0.1) is 18.3 Å². The van der Waals surface area contributed by atoms with Crippen molar-refractivity contribution in [2.75, 3.05) is 6.54 Å². The van der Waals surface area contributed by atoms with Gasteiger partial charge in [0, 0.05) is 31.0 Å². The summed E-state index contributed by atoms with van der Waals surface area (Å²) in [5.74, 6) is 0.148. The molecule has 1 aliphatic rings. The number of amides is 2. The molecular weight excluding hydrogens is 334 g/mol. The van der Waals surface area contributed by atoms with Crippen molar-refractivity contribution in [2.45, 2.75) is 45.2 Å². The molecule has 2 aromatic heterocycles. The fourth-order valence-corrected chi connectivity index (χ4v) is 3.97. The Morgan fingerprint density at radius 2 is 2.28 bits per heavy atom. The molecule has 0 aromatic carbocycles. The van der Waals surface area contributed by atoms with E-state index in [0.717, 1.165) is 37.1 Å². The molecule has 0 spiro atoms. The van der Waals surface area contributed by atoms with Crippen molar-refractivity contribution in [3.63, 3.8) is 0 Å². The zero-order valence-corrected chi connectivity index (χ0v) is 15.2. The minimum Gasteiger partial charge on any atom is -0.351 e. The zero-order valence-electron chi connectivity index (χ0n) is 14.4. The summed E-state index contributed by atoms with van der Waals surface area (Å²) in [6.45, 7) is 2.73. The lowest BCUT2D eigenvalue weighted by Gasteiger charge is -2.25. The highest BCUT2D eigenvalue weighted by Gasteiger charge is 2.29. The maximum absolute atomic E-state index is 12.7. The van der Waals surface area contributed by atoms with Gasteiger partial charge in [0.15, 0.2) is 0 Å². The highest BCUT2D eigenvalue weighted by Crippen LogP contribution is 2.32. The van der Waals surface area contributed by atoms with E-state index in [1.165, 1.54) is 11.8 Å². The molecule has 1 N–H and O–H groups in total. The summed E-state index contributed by atoms with van der Waals surface area (Å²) in [6.07, 6.45) is 5.14. The first-order valence-electron chi connectivity index (χ1n) is 8.64. The van der Waals surface area contributed by atoms with Gasteiger partial charge < -0.3 is 10.2 Å². The van der Waals surface area contributed by atoms with Crippen LogP contribution in [0.4, 0.5) is 0 Å². The Labute approximate surface area is 152 Å². The predicted octanol–water partition coefficient (Wildman–Crippen LogP) is 3.08. The van der Waals surface area contributed by atoms with Crippen molar-refractivity contribution in [1.82, 2.24) is 15.2 Å². The Morgan fingerprint density at radius 3 is 3.04 bits per heavy atom. The van der Waals surface area contributed by atoms with Crippen molar-refractivity contribution in [2.24, 2.45) is 0 Å². The summed E-state index contributed by atoms with van der Waals surface area (Å²) in [5.41, 5.74) is 1.93. The number of likely N-dealkylation sites (tertiary alicyclic amines) is 1. The molecule has 1 saturated heterocycles. The van der Waals surface area contributed by atoms with Gasteiger partial charge in [0.1, 0.15) is 0 Å².